The number of aryl methyl sites for hydroxylation is 1. The minimum absolute atomic E-state index is 0. The molecule has 1 saturated heterocycles. The number of piperidine rings is 1. The minimum Gasteiger partial charge on any atom is -0.357 e. The summed E-state index contributed by atoms with van der Waals surface area (Å²) >= 11 is 0. The Kier molecular flexibility index (Phi) is 9.45. The van der Waals surface area contributed by atoms with Gasteiger partial charge in [-0.3, -0.25) is 4.68 Å². The molecule has 0 unspecified atom stereocenters. The Labute approximate surface area is 150 Å². The Hall–Kier alpha value is -0.830. The van der Waals surface area contributed by atoms with Crippen LogP contribution in [0.5, 0.6) is 0 Å². The van der Waals surface area contributed by atoms with Crippen molar-refractivity contribution in [1.29, 1.82) is 0 Å². The van der Waals surface area contributed by atoms with Gasteiger partial charge in [-0.15, -0.1) is 24.0 Å². The first-order valence-electron chi connectivity index (χ1n) is 8.01. The van der Waals surface area contributed by atoms with E-state index < -0.39 is 0 Å². The Morgan fingerprint density at radius 3 is 2.68 bits per heavy atom. The molecule has 2 heterocycles. The number of guanidine groups is 1. The number of halogens is 1. The van der Waals surface area contributed by atoms with Gasteiger partial charge < -0.3 is 15.5 Å². The maximum atomic E-state index is 4.61. The lowest BCUT2D eigenvalue weighted by atomic mass is 10.1. The van der Waals surface area contributed by atoms with Crippen LogP contribution in [0.4, 0.5) is 0 Å². The van der Waals surface area contributed by atoms with Gasteiger partial charge in [0, 0.05) is 32.9 Å². The van der Waals surface area contributed by atoms with E-state index in [4.69, 9.17) is 0 Å². The van der Waals surface area contributed by atoms with Gasteiger partial charge in [0.2, 0.25) is 0 Å². The van der Waals surface area contributed by atoms with Crippen molar-refractivity contribution in [3.8, 4) is 0 Å². The van der Waals surface area contributed by atoms with E-state index in [-0.39, 0.29) is 24.0 Å². The Balaban J connectivity index is 0.00000242. The van der Waals surface area contributed by atoms with E-state index in [0.29, 0.717) is 6.54 Å². The van der Waals surface area contributed by atoms with Crippen LogP contribution in [-0.4, -0.2) is 53.4 Å². The minimum atomic E-state index is 0. The van der Waals surface area contributed by atoms with Gasteiger partial charge in [0.15, 0.2) is 5.96 Å². The van der Waals surface area contributed by atoms with Gasteiger partial charge in [-0.1, -0.05) is 6.42 Å². The summed E-state index contributed by atoms with van der Waals surface area (Å²) in [4.78, 5) is 7.14. The summed E-state index contributed by atoms with van der Waals surface area (Å²) in [6, 6.07) is 2.00. The SMILES string of the molecule is CCNC(=NCc1ccnn1C)NCCN1CCCCC1.I. The number of rotatable bonds is 6. The maximum Gasteiger partial charge on any atom is 0.191 e. The summed E-state index contributed by atoms with van der Waals surface area (Å²) < 4.78 is 1.86. The van der Waals surface area contributed by atoms with E-state index in [1.165, 1.54) is 32.4 Å². The molecule has 1 aromatic rings. The largest absolute Gasteiger partial charge is 0.357 e. The van der Waals surface area contributed by atoms with Crippen molar-refractivity contribution < 1.29 is 0 Å². The summed E-state index contributed by atoms with van der Waals surface area (Å²) in [6.07, 6.45) is 5.88. The second-order valence-electron chi connectivity index (χ2n) is 5.47. The molecule has 126 valence electrons. The molecule has 22 heavy (non-hydrogen) atoms. The molecular weight excluding hydrogens is 391 g/mol. The second kappa shape index (κ2) is 10.8. The first-order chi connectivity index (χ1) is 10.3. The molecule has 1 fully saturated rings. The number of hydrogen-bond donors (Lipinski definition) is 2. The Morgan fingerprint density at radius 1 is 1.27 bits per heavy atom. The molecule has 1 aliphatic rings. The molecule has 0 atom stereocenters. The lowest BCUT2D eigenvalue weighted by molar-refractivity contribution is 0.232. The third-order valence-electron chi connectivity index (χ3n) is 3.84. The topological polar surface area (TPSA) is 57.5 Å². The highest BCUT2D eigenvalue weighted by atomic mass is 127. The molecule has 0 amide bonds. The number of likely N-dealkylation sites (tertiary alicyclic amines) is 1. The maximum absolute atomic E-state index is 4.61. The van der Waals surface area contributed by atoms with Gasteiger partial charge >= 0.3 is 0 Å². The summed E-state index contributed by atoms with van der Waals surface area (Å²) in [7, 11) is 1.95. The second-order valence-corrected chi connectivity index (χ2v) is 5.47. The van der Waals surface area contributed by atoms with E-state index in [9.17, 15) is 0 Å². The number of nitrogens with one attached hydrogen (secondary N) is 2. The Morgan fingerprint density at radius 2 is 2.05 bits per heavy atom. The van der Waals surface area contributed by atoms with Crippen LogP contribution in [0.15, 0.2) is 17.3 Å². The van der Waals surface area contributed by atoms with Crippen LogP contribution >= 0.6 is 24.0 Å². The van der Waals surface area contributed by atoms with Gasteiger partial charge in [-0.2, -0.15) is 5.10 Å². The summed E-state index contributed by atoms with van der Waals surface area (Å²) in [5.41, 5.74) is 1.11. The quantitative estimate of drug-likeness (QED) is 0.417. The molecule has 2 rings (SSSR count). The van der Waals surface area contributed by atoms with Crippen molar-refractivity contribution in [2.45, 2.75) is 32.7 Å². The standard InChI is InChI=1S/C15H28N6.HI/c1-3-16-15(18-13-14-7-8-19-20(14)2)17-9-12-21-10-5-4-6-11-21;/h7-8H,3-6,9-13H2,1-2H3,(H2,16,17,18);1H. The van der Waals surface area contributed by atoms with Crippen molar-refractivity contribution in [3.63, 3.8) is 0 Å². The van der Waals surface area contributed by atoms with Gasteiger partial charge in [0.1, 0.15) is 0 Å². The van der Waals surface area contributed by atoms with Gasteiger partial charge in [-0.25, -0.2) is 4.99 Å². The van der Waals surface area contributed by atoms with Crippen LogP contribution in [0.25, 0.3) is 0 Å². The van der Waals surface area contributed by atoms with Gasteiger partial charge in [0.25, 0.3) is 0 Å². The van der Waals surface area contributed by atoms with Crippen LogP contribution in [-0.2, 0) is 13.6 Å². The highest BCUT2D eigenvalue weighted by Gasteiger charge is 2.09. The number of aromatic nitrogens is 2. The van der Waals surface area contributed by atoms with Gasteiger partial charge in [0.05, 0.1) is 12.2 Å². The molecular formula is C15H29IN6. The molecule has 0 aromatic carbocycles. The monoisotopic (exact) mass is 420 g/mol. The van der Waals surface area contributed by atoms with Crippen LogP contribution in [0, 0.1) is 0 Å². The summed E-state index contributed by atoms with van der Waals surface area (Å²) in [6.45, 7) is 8.13. The fraction of sp³-hybridized carbons (Fsp3) is 0.733. The van der Waals surface area contributed by atoms with Crippen LogP contribution in [0.1, 0.15) is 31.9 Å². The highest BCUT2D eigenvalue weighted by Crippen LogP contribution is 2.07. The Bertz CT molecular complexity index is 439. The first-order valence-corrected chi connectivity index (χ1v) is 8.01. The fourth-order valence-corrected chi connectivity index (χ4v) is 2.57. The molecule has 7 heteroatoms. The lowest BCUT2D eigenvalue weighted by Crippen LogP contribution is -2.42. The average molecular weight is 420 g/mol. The molecule has 2 N–H and O–H groups in total. The molecule has 0 radical (unpaired) electrons. The molecule has 0 saturated carbocycles. The van der Waals surface area contributed by atoms with Crippen LogP contribution in [0.2, 0.25) is 0 Å². The predicted molar refractivity (Wildman–Crippen MR) is 102 cm³/mol. The van der Waals surface area contributed by atoms with Gasteiger partial charge in [-0.05, 0) is 38.9 Å². The highest BCUT2D eigenvalue weighted by molar-refractivity contribution is 14.0. The summed E-state index contributed by atoms with van der Waals surface area (Å²) in [5.74, 6) is 0.885. The van der Waals surface area contributed by atoms with E-state index in [2.05, 4.69) is 32.5 Å². The lowest BCUT2D eigenvalue weighted by Gasteiger charge is -2.26. The third kappa shape index (κ3) is 6.51. The molecule has 0 aliphatic carbocycles. The fourth-order valence-electron chi connectivity index (χ4n) is 2.57. The van der Waals surface area contributed by atoms with E-state index >= 15 is 0 Å². The van der Waals surface area contributed by atoms with Crippen molar-refractivity contribution in [1.82, 2.24) is 25.3 Å². The summed E-state index contributed by atoms with van der Waals surface area (Å²) in [5, 5.41) is 10.9. The van der Waals surface area contributed by atoms with E-state index in [0.717, 1.165) is 31.3 Å². The molecule has 1 aliphatic heterocycles. The zero-order valence-electron chi connectivity index (χ0n) is 13.7. The van der Waals surface area contributed by atoms with E-state index in [1.54, 1.807) is 0 Å². The first kappa shape index (κ1) is 19.2. The van der Waals surface area contributed by atoms with E-state index in [1.807, 2.05) is 24.0 Å². The van der Waals surface area contributed by atoms with Crippen molar-refractivity contribution in [2.75, 3.05) is 32.7 Å². The van der Waals surface area contributed by atoms with Crippen molar-refractivity contribution >= 4 is 29.9 Å². The van der Waals surface area contributed by atoms with Crippen LogP contribution < -0.4 is 10.6 Å². The number of hydrogen-bond acceptors (Lipinski definition) is 3. The number of aliphatic imine (C=N–C) groups is 1. The molecule has 6 nitrogen and oxygen atoms in total. The predicted octanol–water partition coefficient (Wildman–Crippen LogP) is 1.58. The molecule has 0 spiro atoms. The molecule has 0 bridgehead atoms. The normalized spacial score (nSPS) is 16.2. The van der Waals surface area contributed by atoms with Crippen molar-refractivity contribution in [3.05, 3.63) is 18.0 Å². The number of nitrogens with zero attached hydrogens (tertiary/aromatic N) is 4. The third-order valence-corrected chi connectivity index (χ3v) is 3.84. The average Bonchev–Trinajstić information content (AvgIpc) is 2.91. The van der Waals surface area contributed by atoms with Crippen molar-refractivity contribution in [2.24, 2.45) is 12.0 Å². The molecule has 1 aromatic heterocycles. The van der Waals surface area contributed by atoms with Crippen LogP contribution in [0.3, 0.4) is 0 Å². The zero-order chi connectivity index (χ0) is 14.9. The smallest absolute Gasteiger partial charge is 0.191 e. The zero-order valence-corrected chi connectivity index (χ0v) is 16.0.